The fourth-order valence-corrected chi connectivity index (χ4v) is 4.37. The first-order valence-corrected chi connectivity index (χ1v) is 8.57. The Morgan fingerprint density at radius 1 is 1.40 bits per heavy atom. The largest absolute Gasteiger partial charge is 0.506 e. The van der Waals surface area contributed by atoms with Crippen LogP contribution in [0, 0.1) is 5.92 Å². The van der Waals surface area contributed by atoms with Crippen LogP contribution in [0.4, 0.5) is 5.69 Å². The molecule has 1 aliphatic carbocycles. The van der Waals surface area contributed by atoms with Crippen molar-refractivity contribution >= 4 is 15.9 Å². The molecule has 0 bridgehead atoms. The van der Waals surface area contributed by atoms with Gasteiger partial charge in [0.05, 0.1) is 5.69 Å². The topological polar surface area (TPSA) is 69.6 Å². The Kier molecular flexibility index (Phi) is 3.38. The standard InChI is InChI=1S/C14H20N2O3S/c1-2-10-3-4-11-9-14(17)13(8-12(11)7-10)16-6-5-15-20(16,18)19/h8-10,15,17H,2-7H2,1H3/t10-/m0/s1. The molecule has 1 aromatic rings. The molecule has 1 aliphatic heterocycles. The van der Waals surface area contributed by atoms with Crippen LogP contribution >= 0.6 is 0 Å². The molecule has 3 rings (SSSR count). The molecular formula is C14H20N2O3S. The average Bonchev–Trinajstić information content (AvgIpc) is 2.77. The van der Waals surface area contributed by atoms with E-state index in [1.165, 1.54) is 9.87 Å². The normalized spacial score (nSPS) is 24.6. The summed E-state index contributed by atoms with van der Waals surface area (Å²) < 4.78 is 27.5. The number of hydrogen-bond donors (Lipinski definition) is 2. The van der Waals surface area contributed by atoms with Gasteiger partial charge in [0.15, 0.2) is 0 Å². The van der Waals surface area contributed by atoms with E-state index in [1.807, 2.05) is 6.07 Å². The number of nitrogens with one attached hydrogen (secondary N) is 1. The van der Waals surface area contributed by atoms with E-state index in [9.17, 15) is 13.5 Å². The first kappa shape index (κ1) is 13.7. The summed E-state index contributed by atoms with van der Waals surface area (Å²) in [5, 5.41) is 10.1. The molecule has 0 amide bonds. The van der Waals surface area contributed by atoms with Crippen LogP contribution in [0.25, 0.3) is 0 Å². The summed E-state index contributed by atoms with van der Waals surface area (Å²) in [6.45, 7) is 2.94. The molecule has 110 valence electrons. The van der Waals surface area contributed by atoms with Gasteiger partial charge in [-0.3, -0.25) is 4.31 Å². The molecule has 1 fully saturated rings. The molecule has 0 radical (unpaired) electrons. The lowest BCUT2D eigenvalue weighted by Gasteiger charge is -2.26. The van der Waals surface area contributed by atoms with Crippen LogP contribution in [0.1, 0.15) is 30.9 Å². The van der Waals surface area contributed by atoms with Gasteiger partial charge in [0, 0.05) is 13.1 Å². The lowest BCUT2D eigenvalue weighted by molar-refractivity contribution is 0.439. The maximum Gasteiger partial charge on any atom is 0.301 e. The van der Waals surface area contributed by atoms with Crippen LogP contribution in [0.5, 0.6) is 5.75 Å². The summed E-state index contributed by atoms with van der Waals surface area (Å²) in [7, 11) is -3.48. The second-order valence-electron chi connectivity index (χ2n) is 5.60. The van der Waals surface area contributed by atoms with Crippen LogP contribution in [-0.2, 0) is 23.1 Å². The number of nitrogens with zero attached hydrogens (tertiary/aromatic N) is 1. The zero-order valence-electron chi connectivity index (χ0n) is 11.6. The van der Waals surface area contributed by atoms with Crippen molar-refractivity contribution in [1.82, 2.24) is 4.72 Å². The smallest absolute Gasteiger partial charge is 0.301 e. The predicted octanol–water partition coefficient (Wildman–Crippen LogP) is 1.56. The Labute approximate surface area is 119 Å². The van der Waals surface area contributed by atoms with E-state index in [0.29, 0.717) is 24.7 Å². The Morgan fingerprint density at radius 2 is 2.20 bits per heavy atom. The van der Waals surface area contributed by atoms with E-state index >= 15 is 0 Å². The monoisotopic (exact) mass is 296 g/mol. The van der Waals surface area contributed by atoms with Crippen molar-refractivity contribution in [3.05, 3.63) is 23.3 Å². The summed E-state index contributed by atoms with van der Waals surface area (Å²) in [5.41, 5.74) is 2.74. The molecule has 2 aliphatic rings. The number of phenols is 1. The van der Waals surface area contributed by atoms with Gasteiger partial charge in [-0.1, -0.05) is 13.3 Å². The maximum atomic E-state index is 11.9. The number of hydrogen-bond acceptors (Lipinski definition) is 3. The second-order valence-corrected chi connectivity index (χ2v) is 7.28. The molecule has 2 N–H and O–H groups in total. The number of anilines is 1. The summed E-state index contributed by atoms with van der Waals surface area (Å²) in [6, 6.07) is 3.60. The number of phenolic OH excluding ortho intramolecular Hbond substituents is 1. The van der Waals surface area contributed by atoms with Gasteiger partial charge in [-0.2, -0.15) is 13.1 Å². The van der Waals surface area contributed by atoms with Gasteiger partial charge in [-0.25, -0.2) is 0 Å². The van der Waals surface area contributed by atoms with E-state index in [2.05, 4.69) is 11.6 Å². The lowest BCUT2D eigenvalue weighted by atomic mass is 9.82. The highest BCUT2D eigenvalue weighted by Crippen LogP contribution is 2.37. The van der Waals surface area contributed by atoms with Crippen molar-refractivity contribution in [2.75, 3.05) is 17.4 Å². The van der Waals surface area contributed by atoms with Gasteiger partial charge in [0.25, 0.3) is 0 Å². The van der Waals surface area contributed by atoms with Crippen molar-refractivity contribution in [2.24, 2.45) is 5.92 Å². The first-order valence-electron chi connectivity index (χ1n) is 7.13. The average molecular weight is 296 g/mol. The predicted molar refractivity (Wildman–Crippen MR) is 78.2 cm³/mol. The molecule has 0 unspecified atom stereocenters. The lowest BCUT2D eigenvalue weighted by Crippen LogP contribution is -2.29. The molecule has 1 saturated heterocycles. The molecule has 1 heterocycles. The van der Waals surface area contributed by atoms with E-state index in [4.69, 9.17) is 0 Å². The number of aryl methyl sites for hydroxylation is 1. The van der Waals surface area contributed by atoms with E-state index in [-0.39, 0.29) is 5.75 Å². The van der Waals surface area contributed by atoms with Gasteiger partial charge in [0.2, 0.25) is 0 Å². The Hall–Kier alpha value is -1.27. The van der Waals surface area contributed by atoms with Crippen molar-refractivity contribution in [2.45, 2.75) is 32.6 Å². The van der Waals surface area contributed by atoms with Crippen LogP contribution in [-0.4, -0.2) is 26.6 Å². The number of rotatable bonds is 2. The number of benzene rings is 1. The third-order valence-corrected chi connectivity index (χ3v) is 5.89. The van der Waals surface area contributed by atoms with Gasteiger partial charge < -0.3 is 5.11 Å². The van der Waals surface area contributed by atoms with E-state index in [0.717, 1.165) is 31.2 Å². The first-order chi connectivity index (χ1) is 9.51. The van der Waals surface area contributed by atoms with Crippen LogP contribution in [0.2, 0.25) is 0 Å². The quantitative estimate of drug-likeness (QED) is 0.870. The molecule has 6 heteroatoms. The maximum absolute atomic E-state index is 11.9. The molecule has 0 aromatic heterocycles. The SMILES string of the molecule is CC[C@H]1CCc2cc(O)c(N3CCNS3(=O)=O)cc2C1. The van der Waals surface area contributed by atoms with E-state index < -0.39 is 10.2 Å². The van der Waals surface area contributed by atoms with Crippen LogP contribution in [0.3, 0.4) is 0 Å². The fraction of sp³-hybridized carbons (Fsp3) is 0.571. The molecule has 0 saturated carbocycles. The minimum Gasteiger partial charge on any atom is -0.506 e. The van der Waals surface area contributed by atoms with E-state index in [1.54, 1.807) is 6.07 Å². The molecule has 20 heavy (non-hydrogen) atoms. The highest BCUT2D eigenvalue weighted by atomic mass is 32.2. The summed E-state index contributed by atoms with van der Waals surface area (Å²) in [5.74, 6) is 0.721. The number of aromatic hydroxyl groups is 1. The summed E-state index contributed by atoms with van der Waals surface area (Å²) >= 11 is 0. The fourth-order valence-electron chi connectivity index (χ4n) is 3.13. The second kappa shape index (κ2) is 4.93. The van der Waals surface area contributed by atoms with Gasteiger partial charge in [-0.05, 0) is 48.4 Å². The minimum absolute atomic E-state index is 0.0611. The van der Waals surface area contributed by atoms with Gasteiger partial charge in [0.1, 0.15) is 5.75 Å². The van der Waals surface area contributed by atoms with Crippen molar-refractivity contribution < 1.29 is 13.5 Å². The highest BCUT2D eigenvalue weighted by molar-refractivity contribution is 7.91. The molecule has 5 nitrogen and oxygen atoms in total. The third kappa shape index (κ3) is 2.27. The Balaban J connectivity index is 2.01. The Bertz CT molecular complexity index is 628. The van der Waals surface area contributed by atoms with Crippen molar-refractivity contribution in [1.29, 1.82) is 0 Å². The third-order valence-electron chi connectivity index (χ3n) is 4.36. The molecule has 1 aromatic carbocycles. The minimum atomic E-state index is -3.48. The summed E-state index contributed by atoms with van der Waals surface area (Å²) in [6.07, 6.45) is 4.22. The Morgan fingerprint density at radius 3 is 2.85 bits per heavy atom. The highest BCUT2D eigenvalue weighted by Gasteiger charge is 2.31. The zero-order chi connectivity index (χ0) is 14.3. The van der Waals surface area contributed by atoms with Crippen LogP contribution in [0.15, 0.2) is 12.1 Å². The molecular weight excluding hydrogens is 276 g/mol. The summed E-state index contributed by atoms with van der Waals surface area (Å²) in [4.78, 5) is 0. The van der Waals surface area contributed by atoms with Gasteiger partial charge >= 0.3 is 10.2 Å². The van der Waals surface area contributed by atoms with Gasteiger partial charge in [-0.15, -0.1) is 0 Å². The molecule has 0 spiro atoms. The van der Waals surface area contributed by atoms with Crippen molar-refractivity contribution in [3.8, 4) is 5.75 Å². The number of fused-ring (bicyclic) bond motifs is 1. The van der Waals surface area contributed by atoms with Crippen LogP contribution < -0.4 is 9.03 Å². The zero-order valence-corrected chi connectivity index (χ0v) is 12.4. The van der Waals surface area contributed by atoms with Crippen molar-refractivity contribution in [3.63, 3.8) is 0 Å². The molecule has 1 atom stereocenters.